The topological polar surface area (TPSA) is 113 Å². The van der Waals surface area contributed by atoms with Gasteiger partial charge in [0.25, 0.3) is 0 Å². The number of hydrogen-bond donors (Lipinski definition) is 2. The van der Waals surface area contributed by atoms with Crippen molar-refractivity contribution in [2.75, 3.05) is 57.6 Å². The van der Waals surface area contributed by atoms with Crippen molar-refractivity contribution in [3.8, 4) is 23.0 Å². The van der Waals surface area contributed by atoms with Crippen LogP contribution >= 0.6 is 0 Å². The molecule has 0 radical (unpaired) electrons. The molecule has 0 amide bonds. The van der Waals surface area contributed by atoms with Gasteiger partial charge < -0.3 is 29.3 Å². The maximum absolute atomic E-state index is 17.2. The zero-order chi connectivity index (χ0) is 37.2. The second-order valence-corrected chi connectivity index (χ2v) is 17.1. The first-order valence-corrected chi connectivity index (χ1v) is 19.9. The second-order valence-electron chi connectivity index (χ2n) is 17.1. The summed E-state index contributed by atoms with van der Waals surface area (Å²) in [6.45, 7) is 8.05. The number of phenolic OH excluding ortho intramolecular Hbond substituents is 1. The Kier molecular flexibility index (Phi) is 9.18. The van der Waals surface area contributed by atoms with Crippen molar-refractivity contribution in [1.82, 2.24) is 19.9 Å². The van der Waals surface area contributed by atoms with E-state index < -0.39 is 17.2 Å². The molecule has 4 aromatic rings. The number of pyridine rings is 1. The van der Waals surface area contributed by atoms with E-state index in [0.29, 0.717) is 71.2 Å². The summed E-state index contributed by atoms with van der Waals surface area (Å²) in [4.78, 5) is 18.9. The molecule has 1 spiro atoms. The van der Waals surface area contributed by atoms with Gasteiger partial charge >= 0.3 is 6.01 Å². The summed E-state index contributed by atoms with van der Waals surface area (Å²) in [5, 5.41) is 23.3. The summed E-state index contributed by atoms with van der Waals surface area (Å²) in [6, 6.07) is 7.00. The molecule has 3 unspecified atom stereocenters. The highest BCUT2D eigenvalue weighted by atomic mass is 19.1. The van der Waals surface area contributed by atoms with Gasteiger partial charge in [0.15, 0.2) is 5.82 Å². The molecule has 2 N–H and O–H groups in total. The minimum absolute atomic E-state index is 0.0117. The van der Waals surface area contributed by atoms with Crippen LogP contribution in [-0.2, 0) is 15.9 Å². The van der Waals surface area contributed by atoms with Gasteiger partial charge in [0.1, 0.15) is 34.2 Å². The van der Waals surface area contributed by atoms with E-state index in [1.165, 1.54) is 44.0 Å². The molecular weight excluding hydrogens is 692 g/mol. The van der Waals surface area contributed by atoms with Gasteiger partial charge in [0.05, 0.1) is 45.0 Å². The quantitative estimate of drug-likeness (QED) is 0.206. The summed E-state index contributed by atoms with van der Waals surface area (Å²) >= 11 is 0. The van der Waals surface area contributed by atoms with E-state index in [0.717, 1.165) is 51.9 Å². The number of halogens is 2. The average Bonchev–Trinajstić information content (AvgIpc) is 3.50. The Bertz CT molecular complexity index is 2070. The summed E-state index contributed by atoms with van der Waals surface area (Å²) in [7, 11) is 0. The first-order chi connectivity index (χ1) is 26.1. The van der Waals surface area contributed by atoms with Crippen LogP contribution in [-0.4, -0.2) is 100 Å². The van der Waals surface area contributed by atoms with Crippen LogP contribution in [0.5, 0.6) is 11.8 Å². The Morgan fingerprint density at radius 2 is 1.80 bits per heavy atom. The molecule has 54 heavy (non-hydrogen) atoms. The second kappa shape index (κ2) is 13.8. The maximum Gasteiger partial charge on any atom is 0.319 e. The number of likely N-dealkylation sites (tertiary alicyclic amines) is 1. The molecule has 2 aromatic carbocycles. The van der Waals surface area contributed by atoms with Crippen molar-refractivity contribution in [2.45, 2.75) is 95.7 Å². The largest absolute Gasteiger partial charge is 0.508 e. The van der Waals surface area contributed by atoms with Gasteiger partial charge in [-0.2, -0.15) is 9.97 Å². The normalized spacial score (nSPS) is 27.6. The summed E-state index contributed by atoms with van der Waals surface area (Å²) < 4.78 is 50.3. The van der Waals surface area contributed by atoms with Crippen molar-refractivity contribution < 1.29 is 33.2 Å². The zero-order valence-corrected chi connectivity index (χ0v) is 31.4. The number of rotatable bonds is 7. The number of aliphatic hydroxyl groups is 1. The third-order valence-corrected chi connectivity index (χ3v) is 13.3. The molecule has 5 aliphatic rings. The lowest BCUT2D eigenvalue weighted by Crippen LogP contribution is -2.57. The summed E-state index contributed by atoms with van der Waals surface area (Å²) in [5.74, 6) is -0.796. The number of aromatic hydroxyl groups is 1. The third-order valence-electron chi connectivity index (χ3n) is 13.3. The number of phenols is 1. The fraction of sp³-hybridized carbons (Fsp3) is 0.595. The van der Waals surface area contributed by atoms with E-state index >= 15 is 8.78 Å². The molecule has 2 aromatic heterocycles. The Balaban J connectivity index is 1.10. The predicted molar refractivity (Wildman–Crippen MR) is 202 cm³/mol. The van der Waals surface area contributed by atoms with Crippen molar-refractivity contribution in [2.24, 2.45) is 10.8 Å². The van der Waals surface area contributed by atoms with Crippen molar-refractivity contribution in [1.29, 1.82) is 0 Å². The number of nitrogens with zero attached hydrogens (tertiary/aromatic N) is 5. The molecule has 0 bridgehead atoms. The molecule has 3 atom stereocenters. The molecule has 5 heterocycles. The van der Waals surface area contributed by atoms with Crippen LogP contribution < -0.4 is 9.64 Å². The minimum Gasteiger partial charge on any atom is -0.508 e. The lowest BCUT2D eigenvalue weighted by Gasteiger charge is -2.53. The van der Waals surface area contributed by atoms with Crippen LogP contribution in [0.4, 0.5) is 14.6 Å². The van der Waals surface area contributed by atoms with E-state index in [4.69, 9.17) is 24.2 Å². The number of β-amino-alcohol motifs (C(OH)–C–C–N with tert-alkyl or cyclic N) is 1. The van der Waals surface area contributed by atoms with Crippen LogP contribution in [0.15, 0.2) is 30.5 Å². The fourth-order valence-corrected chi connectivity index (χ4v) is 10.5. The van der Waals surface area contributed by atoms with Gasteiger partial charge in [-0.05, 0) is 106 Å². The van der Waals surface area contributed by atoms with E-state index in [2.05, 4.69) is 9.88 Å². The number of benzene rings is 2. The molecule has 12 heteroatoms. The van der Waals surface area contributed by atoms with Crippen molar-refractivity contribution in [3.63, 3.8) is 0 Å². The number of aryl methyl sites for hydroxylation is 1. The predicted octanol–water partition coefficient (Wildman–Crippen LogP) is 6.95. The van der Waals surface area contributed by atoms with Crippen molar-refractivity contribution in [3.05, 3.63) is 47.7 Å². The molecule has 5 fully saturated rings. The van der Waals surface area contributed by atoms with Crippen LogP contribution in [0.25, 0.3) is 32.9 Å². The summed E-state index contributed by atoms with van der Waals surface area (Å²) in [5.41, 5.74) is -0.152. The number of fused-ring (bicyclic) bond motifs is 3. The highest BCUT2D eigenvalue weighted by molar-refractivity contribution is 6.01. The first-order valence-electron chi connectivity index (χ1n) is 19.9. The average molecular weight is 744 g/mol. The fourth-order valence-electron chi connectivity index (χ4n) is 10.5. The molecule has 2 saturated carbocycles. The molecular formula is C42H51F2N5O5. The molecule has 288 valence electrons. The Morgan fingerprint density at radius 1 is 0.981 bits per heavy atom. The minimum atomic E-state index is -1.17. The van der Waals surface area contributed by atoms with Gasteiger partial charge in [-0.25, -0.2) is 8.78 Å². The SMILES string of the molecule is CCc1c(F)ccc2cc(O)cc(-c3ncc4c(N5CCOCC(C)(O)C5)nc(OCC56CCCC5N(C5CCC7(CC5)COC7)CCC6)nc4c3F)c12. The van der Waals surface area contributed by atoms with Crippen LogP contribution in [0, 0.1) is 22.5 Å². The number of anilines is 1. The van der Waals surface area contributed by atoms with Gasteiger partial charge in [0.2, 0.25) is 0 Å². The summed E-state index contributed by atoms with van der Waals surface area (Å²) in [6.07, 6.45) is 12.3. The lowest BCUT2D eigenvalue weighted by atomic mass is 9.69. The molecule has 3 saturated heterocycles. The van der Waals surface area contributed by atoms with E-state index in [1.54, 1.807) is 19.1 Å². The van der Waals surface area contributed by atoms with Gasteiger partial charge in [-0.15, -0.1) is 0 Å². The van der Waals surface area contributed by atoms with Gasteiger partial charge in [0, 0.05) is 41.2 Å². The Morgan fingerprint density at radius 3 is 2.57 bits per heavy atom. The highest BCUT2D eigenvalue weighted by Gasteiger charge is 2.52. The highest BCUT2D eigenvalue weighted by Crippen LogP contribution is 2.51. The Hall–Kier alpha value is -3.71. The first kappa shape index (κ1) is 36.0. The van der Waals surface area contributed by atoms with Crippen LogP contribution in [0.2, 0.25) is 0 Å². The molecule has 3 aliphatic heterocycles. The van der Waals surface area contributed by atoms with Crippen molar-refractivity contribution >= 4 is 27.5 Å². The lowest BCUT2D eigenvalue weighted by molar-refractivity contribution is -0.143. The number of ether oxygens (including phenoxy) is 3. The zero-order valence-electron chi connectivity index (χ0n) is 31.4. The molecule has 10 nitrogen and oxygen atoms in total. The molecule has 2 aliphatic carbocycles. The van der Waals surface area contributed by atoms with E-state index in [-0.39, 0.29) is 47.1 Å². The van der Waals surface area contributed by atoms with Crippen LogP contribution in [0.1, 0.15) is 77.2 Å². The molecule has 9 rings (SSSR count). The van der Waals surface area contributed by atoms with Crippen LogP contribution in [0.3, 0.4) is 0 Å². The monoisotopic (exact) mass is 743 g/mol. The number of piperidine rings is 1. The Labute approximate surface area is 314 Å². The smallest absolute Gasteiger partial charge is 0.319 e. The number of aromatic nitrogens is 3. The van der Waals surface area contributed by atoms with E-state index in [1.807, 2.05) is 11.8 Å². The standard InChI is InChI=1S/C42H51F2N5O5/c1-3-29-32(43)8-7-26-18-28(50)19-30(34(26)29)36-35(44)37-31(20-45-36)38(48-16-17-52-22-40(2,51)21-48)47-39(46-37)54-25-42-11-4-6-33(42)49(15-5-12-42)27-9-13-41(14-10-27)23-53-24-41/h7-8,18-20,27,33,50-51H,3-6,9-17,21-25H2,1-2H3. The maximum atomic E-state index is 17.2. The van der Waals surface area contributed by atoms with Gasteiger partial charge in [-0.3, -0.25) is 9.88 Å². The number of hydrogen-bond acceptors (Lipinski definition) is 10. The van der Waals surface area contributed by atoms with Gasteiger partial charge in [-0.1, -0.05) is 19.4 Å². The van der Waals surface area contributed by atoms with E-state index in [9.17, 15) is 10.2 Å². The third kappa shape index (κ3) is 6.27.